The first kappa shape index (κ1) is 52.4. The zero-order valence-electron chi connectivity index (χ0n) is 46.5. The fourth-order valence-corrected chi connectivity index (χ4v) is 11.9. The number of benzene rings is 12. The smallest absolute Gasteiger partial charge is 0.164 e. The van der Waals surface area contributed by atoms with Gasteiger partial charge in [0.15, 0.2) is 46.7 Å². The molecule has 10 nitrogen and oxygen atoms in total. The van der Waals surface area contributed by atoms with E-state index in [4.69, 9.17) is 39.9 Å². The van der Waals surface area contributed by atoms with E-state index in [-0.39, 0.29) is 17.1 Å². The number of aliphatic imine (C=N–C) groups is 8. The molecule has 5 aliphatic rings. The van der Waals surface area contributed by atoms with Crippen molar-refractivity contribution >= 4 is 102 Å². The number of hydrogen-bond acceptors (Lipinski definition) is 10. The van der Waals surface area contributed by atoms with Gasteiger partial charge in [0, 0.05) is 95.1 Å². The molecule has 8 bridgehead atoms. The summed E-state index contributed by atoms with van der Waals surface area (Å²) in [5.74, 6) is 4.42. The van der Waals surface area contributed by atoms with Gasteiger partial charge in [0.2, 0.25) is 0 Å². The predicted octanol–water partition coefficient (Wildman–Crippen LogP) is 17.4. The summed E-state index contributed by atoms with van der Waals surface area (Å²) < 4.78 is 0. The Morgan fingerprint density at radius 3 is 0.678 bits per heavy atom. The summed E-state index contributed by atoms with van der Waals surface area (Å²) in [5.41, 5.74) is 16.3. The van der Waals surface area contributed by atoms with Crippen LogP contribution in [0.5, 0.6) is 0 Å². The second-order valence-corrected chi connectivity index (χ2v) is 21.1. The van der Waals surface area contributed by atoms with Gasteiger partial charge in [-0.25, -0.2) is 39.9 Å². The van der Waals surface area contributed by atoms with E-state index in [9.17, 15) is 0 Å². The maximum atomic E-state index is 4.95. The number of nitrogens with zero attached hydrogens (tertiary/aromatic N) is 10. The van der Waals surface area contributed by atoms with Crippen LogP contribution in [0.1, 0.15) is 44.5 Å². The van der Waals surface area contributed by atoms with Gasteiger partial charge >= 0.3 is 0 Å². The standard InChI is InChI=1S/C44H32N2.C32H16N8.Cu/c1-3-17-37(18-4-1)45(43-23-11-15-35-13-7-9-21-41(35)43)39-29-25-33(26-30-39)34-27-31-40(32-28-34)46(38-19-5-2-6-20-38)44-24-12-16-36-14-8-10-22-42(36)44;1-2-10-18-17(9-1)25-33-26(18)38-28-21-13-5-6-14-22(21)30(35-28)40-32-24-16-8-7-15-23(24)31(36-32)39-29-20-12-4-3-11-19(20)27(34-29)37-25;/h1-32H;1-16H;. The van der Waals surface area contributed by atoms with Crippen LogP contribution in [0.25, 0.3) is 32.7 Å². The largest absolute Gasteiger partial charge is 0.310 e. The fourth-order valence-electron chi connectivity index (χ4n) is 11.9. The van der Waals surface area contributed by atoms with Crippen molar-refractivity contribution < 1.29 is 17.1 Å². The van der Waals surface area contributed by atoms with Gasteiger partial charge in [-0.1, -0.05) is 231 Å². The van der Waals surface area contributed by atoms with Crippen molar-refractivity contribution in [3.05, 3.63) is 336 Å². The molecule has 0 fully saturated rings. The van der Waals surface area contributed by atoms with E-state index in [0.29, 0.717) is 46.7 Å². The maximum Gasteiger partial charge on any atom is 0.164 e. The van der Waals surface area contributed by atoms with Crippen LogP contribution in [0.15, 0.2) is 331 Å². The average Bonchev–Trinajstić information content (AvgIpc) is 2.41. The molecule has 17 rings (SSSR count). The molecule has 0 amide bonds. The molecule has 0 spiro atoms. The van der Waals surface area contributed by atoms with Crippen LogP contribution in [0.2, 0.25) is 0 Å². The Morgan fingerprint density at radius 1 is 0.184 bits per heavy atom. The topological polar surface area (TPSA) is 105 Å². The Balaban J connectivity index is 0.000000146. The van der Waals surface area contributed by atoms with Gasteiger partial charge in [0.25, 0.3) is 0 Å². The van der Waals surface area contributed by atoms with Crippen LogP contribution >= 0.6 is 0 Å². The molecule has 413 valence electrons. The van der Waals surface area contributed by atoms with Gasteiger partial charge in [0.05, 0.1) is 11.4 Å². The van der Waals surface area contributed by atoms with Gasteiger partial charge < -0.3 is 9.80 Å². The van der Waals surface area contributed by atoms with E-state index in [2.05, 4.69) is 204 Å². The summed E-state index contributed by atoms with van der Waals surface area (Å²) in [6, 6.07) is 101. The van der Waals surface area contributed by atoms with Crippen LogP contribution in [-0.2, 0) is 17.1 Å². The summed E-state index contributed by atoms with van der Waals surface area (Å²) in [6.45, 7) is 0. The first-order chi connectivity index (χ1) is 42.6. The molecule has 12 aromatic rings. The number of rotatable bonds is 7. The number of hydrogen-bond donors (Lipinski definition) is 0. The van der Waals surface area contributed by atoms with Crippen LogP contribution in [0, 0.1) is 0 Å². The van der Waals surface area contributed by atoms with E-state index >= 15 is 0 Å². The summed E-state index contributed by atoms with van der Waals surface area (Å²) >= 11 is 0. The van der Waals surface area contributed by atoms with Crippen LogP contribution in [0.4, 0.5) is 34.1 Å². The molecule has 0 aliphatic carbocycles. The minimum Gasteiger partial charge on any atom is -0.310 e. The Labute approximate surface area is 512 Å². The number of fused-ring (bicyclic) bond motifs is 18. The minimum atomic E-state index is 0. The van der Waals surface area contributed by atoms with Crippen molar-refractivity contribution in [2.75, 3.05) is 9.80 Å². The molecular weight excluding hydrogens is 1120 g/mol. The monoisotopic (exact) mass is 1160 g/mol. The molecular formula is C76H48CuN10. The molecule has 5 heterocycles. The van der Waals surface area contributed by atoms with Gasteiger partial charge in [-0.05, 0) is 82.6 Å². The van der Waals surface area contributed by atoms with Crippen LogP contribution < -0.4 is 9.80 Å². The predicted molar refractivity (Wildman–Crippen MR) is 354 cm³/mol. The van der Waals surface area contributed by atoms with Crippen molar-refractivity contribution in [2.24, 2.45) is 39.9 Å². The first-order valence-corrected chi connectivity index (χ1v) is 28.6. The summed E-state index contributed by atoms with van der Waals surface area (Å²) in [5, 5.41) is 4.90. The van der Waals surface area contributed by atoms with Crippen LogP contribution in [0.3, 0.4) is 0 Å². The summed E-state index contributed by atoms with van der Waals surface area (Å²) in [4.78, 5) is 44.0. The zero-order chi connectivity index (χ0) is 56.9. The van der Waals surface area contributed by atoms with Gasteiger partial charge in [0.1, 0.15) is 0 Å². The second-order valence-electron chi connectivity index (χ2n) is 21.1. The van der Waals surface area contributed by atoms with Crippen molar-refractivity contribution in [2.45, 2.75) is 0 Å². The summed E-state index contributed by atoms with van der Waals surface area (Å²) in [7, 11) is 0. The van der Waals surface area contributed by atoms with Crippen molar-refractivity contribution in [1.82, 2.24) is 0 Å². The normalized spacial score (nSPS) is 13.7. The molecule has 0 aromatic heterocycles. The summed E-state index contributed by atoms with van der Waals surface area (Å²) in [6.07, 6.45) is 0. The molecule has 11 heteroatoms. The third-order valence-corrected chi connectivity index (χ3v) is 16.0. The number of amidine groups is 8. The second kappa shape index (κ2) is 22.3. The SMILES string of the molecule is [Cu].c1ccc(N(c2ccc(-c3ccc(N(c4ccccc4)c4cccc5ccccc45)cc3)cc2)c2cccc3ccccc23)cc1.c1ccc2c(c1)C1=NC2=NC2=NC(=NC3=NC(=NC4=NC(=N1)c1ccccc14)c1ccccc13)c1ccccc12. The molecule has 0 saturated carbocycles. The molecule has 0 unspecified atom stereocenters. The molecule has 1 radical (unpaired) electrons. The Morgan fingerprint density at radius 2 is 0.402 bits per heavy atom. The van der Waals surface area contributed by atoms with E-state index < -0.39 is 0 Å². The molecule has 12 aromatic carbocycles. The van der Waals surface area contributed by atoms with Gasteiger partial charge in [-0.15, -0.1) is 0 Å². The molecule has 0 saturated heterocycles. The zero-order valence-corrected chi connectivity index (χ0v) is 47.4. The number of para-hydroxylation sites is 2. The Hall–Kier alpha value is -11.4. The minimum absolute atomic E-state index is 0. The molecule has 87 heavy (non-hydrogen) atoms. The maximum absolute atomic E-state index is 4.95. The van der Waals surface area contributed by atoms with Crippen molar-refractivity contribution in [3.8, 4) is 11.1 Å². The third-order valence-electron chi connectivity index (χ3n) is 16.0. The van der Waals surface area contributed by atoms with Crippen molar-refractivity contribution in [3.63, 3.8) is 0 Å². The molecule has 0 N–H and O–H groups in total. The Bertz CT molecular complexity index is 4490. The first-order valence-electron chi connectivity index (χ1n) is 28.6. The molecule has 5 aliphatic heterocycles. The quantitative estimate of drug-likeness (QED) is 0.148. The molecule has 0 atom stereocenters. The van der Waals surface area contributed by atoms with E-state index in [1.165, 1.54) is 32.7 Å². The van der Waals surface area contributed by atoms with Crippen LogP contribution in [-0.4, -0.2) is 46.7 Å². The van der Waals surface area contributed by atoms with Gasteiger partial charge in [-0.3, -0.25) is 0 Å². The Kier molecular flexibility index (Phi) is 13.5. The van der Waals surface area contributed by atoms with E-state index in [0.717, 1.165) is 78.6 Å². The fraction of sp³-hybridized carbons (Fsp3) is 0. The third kappa shape index (κ3) is 9.59. The van der Waals surface area contributed by atoms with E-state index in [1.54, 1.807) is 0 Å². The van der Waals surface area contributed by atoms with Gasteiger partial charge in [-0.2, -0.15) is 0 Å². The van der Waals surface area contributed by atoms with Crippen molar-refractivity contribution in [1.29, 1.82) is 0 Å². The number of anilines is 6. The van der Waals surface area contributed by atoms with E-state index in [1.807, 2.05) is 97.1 Å². The average molecular weight is 1160 g/mol.